The normalized spacial score (nSPS) is 16.4. The quantitative estimate of drug-likeness (QED) is 0.623. The number of hydrogen-bond donors (Lipinski definition) is 2. The van der Waals surface area contributed by atoms with Crippen LogP contribution in [0.3, 0.4) is 0 Å². The fourth-order valence-electron chi connectivity index (χ4n) is 1.49. The summed E-state index contributed by atoms with van der Waals surface area (Å²) in [6.45, 7) is 3.01. The molecule has 1 fully saturated rings. The lowest BCUT2D eigenvalue weighted by molar-refractivity contribution is 0.0723. The van der Waals surface area contributed by atoms with Gasteiger partial charge in [0, 0.05) is 32.4 Å². The molecule has 3 N–H and O–H groups in total. The number of piperazine rings is 1. The SMILES string of the molecule is Nc1ccnc(C(=O)N2CCNCC2)n1. The zero-order chi connectivity index (χ0) is 10.7. The molecule has 0 unspecified atom stereocenters. The summed E-state index contributed by atoms with van der Waals surface area (Å²) >= 11 is 0. The van der Waals surface area contributed by atoms with Gasteiger partial charge in [0.15, 0.2) is 0 Å². The Morgan fingerprint density at radius 3 is 2.87 bits per heavy atom. The topological polar surface area (TPSA) is 84.1 Å². The molecular formula is C9H13N5O. The highest BCUT2D eigenvalue weighted by molar-refractivity contribution is 5.90. The van der Waals surface area contributed by atoms with E-state index in [4.69, 9.17) is 5.73 Å². The molecular weight excluding hydrogens is 194 g/mol. The van der Waals surface area contributed by atoms with Crippen molar-refractivity contribution in [3.8, 4) is 0 Å². The fourth-order valence-corrected chi connectivity index (χ4v) is 1.49. The highest BCUT2D eigenvalue weighted by Crippen LogP contribution is 2.02. The van der Waals surface area contributed by atoms with Crippen LogP contribution >= 0.6 is 0 Å². The Morgan fingerprint density at radius 2 is 2.20 bits per heavy atom. The molecule has 1 aliphatic rings. The Kier molecular flexibility index (Phi) is 2.77. The van der Waals surface area contributed by atoms with E-state index in [2.05, 4.69) is 15.3 Å². The van der Waals surface area contributed by atoms with E-state index < -0.39 is 0 Å². The largest absolute Gasteiger partial charge is 0.384 e. The third-order valence-corrected chi connectivity index (χ3v) is 2.27. The molecule has 15 heavy (non-hydrogen) atoms. The minimum absolute atomic E-state index is 0.149. The molecule has 0 radical (unpaired) electrons. The highest BCUT2D eigenvalue weighted by Gasteiger charge is 2.19. The molecule has 0 saturated carbocycles. The molecule has 1 amide bonds. The molecule has 1 saturated heterocycles. The van der Waals surface area contributed by atoms with E-state index in [1.165, 1.54) is 6.20 Å². The van der Waals surface area contributed by atoms with Crippen LogP contribution in [0.4, 0.5) is 5.82 Å². The van der Waals surface area contributed by atoms with Crippen LogP contribution in [0.5, 0.6) is 0 Å². The van der Waals surface area contributed by atoms with Gasteiger partial charge < -0.3 is 16.0 Å². The standard InChI is InChI=1S/C9H13N5O/c10-7-1-2-12-8(13-7)9(15)14-5-3-11-4-6-14/h1-2,11H,3-6H2,(H2,10,12,13). The summed E-state index contributed by atoms with van der Waals surface area (Å²) in [7, 11) is 0. The van der Waals surface area contributed by atoms with Gasteiger partial charge in [0.1, 0.15) is 5.82 Å². The molecule has 2 rings (SSSR count). The summed E-state index contributed by atoms with van der Waals surface area (Å²) in [4.78, 5) is 21.4. The third-order valence-electron chi connectivity index (χ3n) is 2.27. The number of hydrogen-bond acceptors (Lipinski definition) is 5. The van der Waals surface area contributed by atoms with Gasteiger partial charge in [-0.15, -0.1) is 0 Å². The number of amides is 1. The molecule has 6 heteroatoms. The predicted molar refractivity (Wildman–Crippen MR) is 55.2 cm³/mol. The van der Waals surface area contributed by atoms with Crippen molar-refractivity contribution >= 4 is 11.7 Å². The minimum Gasteiger partial charge on any atom is -0.384 e. The van der Waals surface area contributed by atoms with Gasteiger partial charge in [-0.25, -0.2) is 9.97 Å². The lowest BCUT2D eigenvalue weighted by atomic mass is 10.3. The van der Waals surface area contributed by atoms with E-state index in [1.807, 2.05) is 0 Å². The predicted octanol–water partition coefficient (Wildman–Crippen LogP) is -0.896. The monoisotopic (exact) mass is 207 g/mol. The minimum atomic E-state index is -0.149. The van der Waals surface area contributed by atoms with Gasteiger partial charge in [-0.1, -0.05) is 0 Å². The number of carbonyl (C=O) groups excluding carboxylic acids is 1. The zero-order valence-corrected chi connectivity index (χ0v) is 8.31. The number of nitrogen functional groups attached to an aromatic ring is 1. The number of nitrogens with two attached hydrogens (primary N) is 1. The Morgan fingerprint density at radius 1 is 1.47 bits per heavy atom. The second-order valence-electron chi connectivity index (χ2n) is 3.35. The van der Waals surface area contributed by atoms with Crippen molar-refractivity contribution in [1.29, 1.82) is 0 Å². The number of nitrogens with zero attached hydrogens (tertiary/aromatic N) is 3. The first kappa shape index (κ1) is 9.85. The number of anilines is 1. The summed E-state index contributed by atoms with van der Waals surface area (Å²) in [6.07, 6.45) is 1.50. The number of carbonyl (C=O) groups is 1. The Bertz CT molecular complexity index is 361. The maximum Gasteiger partial charge on any atom is 0.291 e. The molecule has 6 nitrogen and oxygen atoms in total. The smallest absolute Gasteiger partial charge is 0.291 e. The van der Waals surface area contributed by atoms with Crippen LogP contribution in [0.1, 0.15) is 10.6 Å². The van der Waals surface area contributed by atoms with Gasteiger partial charge in [0.05, 0.1) is 0 Å². The molecule has 0 bridgehead atoms. The van der Waals surface area contributed by atoms with Gasteiger partial charge in [-0.05, 0) is 6.07 Å². The van der Waals surface area contributed by atoms with Gasteiger partial charge in [0.25, 0.3) is 5.91 Å². The average molecular weight is 207 g/mol. The van der Waals surface area contributed by atoms with Crippen LogP contribution in [0.15, 0.2) is 12.3 Å². The van der Waals surface area contributed by atoms with E-state index in [0.29, 0.717) is 18.9 Å². The second-order valence-corrected chi connectivity index (χ2v) is 3.35. The van der Waals surface area contributed by atoms with Crippen molar-refractivity contribution < 1.29 is 4.79 Å². The molecule has 0 aromatic carbocycles. The maximum atomic E-state index is 11.9. The van der Waals surface area contributed by atoms with Crippen molar-refractivity contribution in [2.45, 2.75) is 0 Å². The number of rotatable bonds is 1. The second kappa shape index (κ2) is 4.22. The zero-order valence-electron chi connectivity index (χ0n) is 8.31. The molecule has 0 atom stereocenters. The lowest BCUT2D eigenvalue weighted by Gasteiger charge is -2.26. The van der Waals surface area contributed by atoms with Crippen LogP contribution in [-0.2, 0) is 0 Å². The molecule has 2 heterocycles. The van der Waals surface area contributed by atoms with E-state index in [-0.39, 0.29) is 11.7 Å². The van der Waals surface area contributed by atoms with E-state index in [1.54, 1.807) is 11.0 Å². The fraction of sp³-hybridized carbons (Fsp3) is 0.444. The van der Waals surface area contributed by atoms with Gasteiger partial charge in [-0.3, -0.25) is 4.79 Å². The summed E-state index contributed by atoms with van der Waals surface area (Å²) in [6, 6.07) is 1.56. The first-order chi connectivity index (χ1) is 7.27. The average Bonchev–Trinajstić information content (AvgIpc) is 2.29. The first-order valence-electron chi connectivity index (χ1n) is 4.86. The van der Waals surface area contributed by atoms with Crippen LogP contribution < -0.4 is 11.1 Å². The van der Waals surface area contributed by atoms with Crippen molar-refractivity contribution in [1.82, 2.24) is 20.2 Å². The van der Waals surface area contributed by atoms with Gasteiger partial charge in [-0.2, -0.15) is 0 Å². The molecule has 1 aliphatic heterocycles. The molecule has 1 aromatic rings. The van der Waals surface area contributed by atoms with E-state index in [0.717, 1.165) is 13.1 Å². The lowest BCUT2D eigenvalue weighted by Crippen LogP contribution is -2.46. The van der Waals surface area contributed by atoms with Crippen molar-refractivity contribution in [2.24, 2.45) is 0 Å². The molecule has 0 spiro atoms. The van der Waals surface area contributed by atoms with Crippen molar-refractivity contribution in [3.05, 3.63) is 18.1 Å². The first-order valence-corrected chi connectivity index (χ1v) is 4.86. The maximum absolute atomic E-state index is 11.9. The Hall–Kier alpha value is -1.69. The van der Waals surface area contributed by atoms with Crippen LogP contribution in [-0.4, -0.2) is 47.0 Å². The van der Waals surface area contributed by atoms with Crippen LogP contribution in [0, 0.1) is 0 Å². The molecule has 1 aromatic heterocycles. The summed E-state index contributed by atoms with van der Waals surface area (Å²) in [5.41, 5.74) is 5.49. The highest BCUT2D eigenvalue weighted by atomic mass is 16.2. The Balaban J connectivity index is 2.12. The van der Waals surface area contributed by atoms with Crippen molar-refractivity contribution in [3.63, 3.8) is 0 Å². The summed E-state index contributed by atoms with van der Waals surface area (Å²) in [5.74, 6) is 0.351. The summed E-state index contributed by atoms with van der Waals surface area (Å²) < 4.78 is 0. The van der Waals surface area contributed by atoms with Crippen LogP contribution in [0.2, 0.25) is 0 Å². The number of aromatic nitrogens is 2. The van der Waals surface area contributed by atoms with Crippen molar-refractivity contribution in [2.75, 3.05) is 31.9 Å². The van der Waals surface area contributed by atoms with Gasteiger partial charge >= 0.3 is 0 Å². The third kappa shape index (κ3) is 2.21. The van der Waals surface area contributed by atoms with Gasteiger partial charge in [0.2, 0.25) is 5.82 Å². The summed E-state index contributed by atoms with van der Waals surface area (Å²) in [5, 5.41) is 3.17. The molecule has 0 aliphatic carbocycles. The van der Waals surface area contributed by atoms with Crippen LogP contribution in [0.25, 0.3) is 0 Å². The molecule has 80 valence electrons. The Labute approximate surface area is 87.5 Å². The van der Waals surface area contributed by atoms with E-state index >= 15 is 0 Å². The van der Waals surface area contributed by atoms with E-state index in [9.17, 15) is 4.79 Å². The number of nitrogens with one attached hydrogen (secondary N) is 1.